The largest absolute Gasteiger partial charge is 0.468 e. The summed E-state index contributed by atoms with van der Waals surface area (Å²) in [7, 11) is 0. The predicted molar refractivity (Wildman–Crippen MR) is 92.8 cm³/mol. The molecule has 2 aliphatic heterocycles. The van der Waals surface area contributed by atoms with Crippen molar-refractivity contribution in [2.75, 3.05) is 0 Å². The van der Waals surface area contributed by atoms with Crippen LogP contribution in [-0.4, -0.2) is 28.0 Å². The van der Waals surface area contributed by atoms with Gasteiger partial charge < -0.3 is 19.4 Å². The van der Waals surface area contributed by atoms with Crippen LogP contribution in [0.5, 0.6) is 0 Å². The zero-order chi connectivity index (χ0) is 17.5. The Kier molecular flexibility index (Phi) is 4.92. The molecule has 5 atom stereocenters. The van der Waals surface area contributed by atoms with Crippen LogP contribution in [0.25, 0.3) is 0 Å². The van der Waals surface area contributed by atoms with Gasteiger partial charge in [-0.25, -0.2) is 0 Å². The van der Waals surface area contributed by atoms with Gasteiger partial charge in [-0.3, -0.25) is 0 Å². The van der Waals surface area contributed by atoms with E-state index in [1.807, 2.05) is 13.8 Å². The average molecular weight is 334 g/mol. The molecule has 2 N–H and O–H groups in total. The van der Waals surface area contributed by atoms with Gasteiger partial charge in [-0.2, -0.15) is 0 Å². The number of allylic oxidation sites excluding steroid dienone is 2. The van der Waals surface area contributed by atoms with Gasteiger partial charge >= 0.3 is 0 Å². The summed E-state index contributed by atoms with van der Waals surface area (Å²) in [5.41, 5.74) is 2.12. The van der Waals surface area contributed by atoms with E-state index in [0.717, 1.165) is 42.6 Å². The molecule has 3 heterocycles. The highest BCUT2D eigenvalue weighted by Gasteiger charge is 2.47. The molecule has 0 aromatic carbocycles. The van der Waals surface area contributed by atoms with Crippen molar-refractivity contribution >= 4 is 0 Å². The maximum atomic E-state index is 10.9. The molecule has 0 aliphatic carbocycles. The molecule has 0 saturated carbocycles. The van der Waals surface area contributed by atoms with Gasteiger partial charge in [0.1, 0.15) is 18.0 Å². The van der Waals surface area contributed by atoms with Crippen molar-refractivity contribution in [3.05, 3.63) is 34.8 Å². The lowest BCUT2D eigenvalue weighted by Gasteiger charge is -2.34. The Morgan fingerprint density at radius 1 is 1.21 bits per heavy atom. The van der Waals surface area contributed by atoms with E-state index < -0.39 is 17.8 Å². The predicted octanol–water partition coefficient (Wildman–Crippen LogP) is 3.84. The summed E-state index contributed by atoms with van der Waals surface area (Å²) < 4.78 is 11.9. The van der Waals surface area contributed by atoms with E-state index >= 15 is 0 Å². The number of hydrogen-bond acceptors (Lipinski definition) is 4. The summed E-state index contributed by atoms with van der Waals surface area (Å²) in [5, 5.41) is 21.8. The lowest BCUT2D eigenvalue weighted by atomic mass is 9.86. The van der Waals surface area contributed by atoms with Gasteiger partial charge in [0.15, 0.2) is 0 Å². The summed E-state index contributed by atoms with van der Waals surface area (Å²) in [4.78, 5) is 0. The number of furan rings is 1. The molecule has 1 aromatic heterocycles. The van der Waals surface area contributed by atoms with Crippen LogP contribution in [0, 0.1) is 12.8 Å². The molecule has 134 valence electrons. The third-order valence-electron chi connectivity index (χ3n) is 5.86. The molecule has 5 unspecified atom stereocenters. The molecular weight excluding hydrogens is 304 g/mol. The van der Waals surface area contributed by atoms with E-state index in [0.29, 0.717) is 12.3 Å². The quantitative estimate of drug-likeness (QED) is 0.708. The van der Waals surface area contributed by atoms with E-state index in [4.69, 9.17) is 9.15 Å². The number of aliphatic hydroxyl groups excluding tert-OH is 2. The minimum Gasteiger partial charge on any atom is -0.468 e. The number of ether oxygens (including phenoxy) is 1. The van der Waals surface area contributed by atoms with Crippen molar-refractivity contribution in [1.82, 2.24) is 0 Å². The second kappa shape index (κ2) is 6.66. The zero-order valence-corrected chi connectivity index (χ0v) is 15.2. The molecule has 2 aliphatic rings. The first-order chi connectivity index (χ1) is 11.3. The standard InChI is InChI=1S/C20H30O4/c1-12-6-5-7-13(2)15-8-9-20(4,24-15)19(22)18(21)17-14(3)11-23-16(17)10-12/h6,11,13,15,18-19,21-22H,5,7-10H2,1-4H3. The van der Waals surface area contributed by atoms with Crippen LogP contribution in [0.3, 0.4) is 0 Å². The second-order valence-corrected chi connectivity index (χ2v) is 7.93. The first kappa shape index (κ1) is 17.7. The maximum Gasteiger partial charge on any atom is 0.113 e. The molecule has 0 spiro atoms. The van der Waals surface area contributed by atoms with E-state index in [9.17, 15) is 10.2 Å². The van der Waals surface area contributed by atoms with Crippen LogP contribution in [0.1, 0.15) is 69.4 Å². The number of aryl methyl sites for hydroxylation is 1. The first-order valence-electron chi connectivity index (χ1n) is 9.08. The molecule has 0 amide bonds. The van der Waals surface area contributed by atoms with Crippen LogP contribution in [-0.2, 0) is 11.2 Å². The van der Waals surface area contributed by atoms with Gasteiger partial charge in [0.25, 0.3) is 0 Å². The number of fused-ring (bicyclic) bond motifs is 3. The topological polar surface area (TPSA) is 62.8 Å². The second-order valence-electron chi connectivity index (χ2n) is 7.93. The molecule has 1 aromatic rings. The van der Waals surface area contributed by atoms with Crippen LogP contribution in [0.2, 0.25) is 0 Å². The molecule has 24 heavy (non-hydrogen) atoms. The molecule has 3 rings (SSSR count). The Morgan fingerprint density at radius 3 is 2.71 bits per heavy atom. The van der Waals surface area contributed by atoms with Gasteiger partial charge in [0.05, 0.1) is 18.0 Å². The highest BCUT2D eigenvalue weighted by atomic mass is 16.5. The SMILES string of the molecule is CC1=CCCC(C)C2CCC(C)(O2)C(O)C(O)c2c(C)coc2C1. The molecule has 0 radical (unpaired) electrons. The number of hydrogen-bond donors (Lipinski definition) is 2. The van der Waals surface area contributed by atoms with Crippen molar-refractivity contribution in [2.24, 2.45) is 5.92 Å². The minimum atomic E-state index is -0.994. The monoisotopic (exact) mass is 334 g/mol. The van der Waals surface area contributed by atoms with Crippen molar-refractivity contribution < 1.29 is 19.4 Å². The summed E-state index contributed by atoms with van der Waals surface area (Å²) in [6.45, 7) is 8.15. The highest BCUT2D eigenvalue weighted by Crippen LogP contribution is 2.42. The molecular formula is C20H30O4. The van der Waals surface area contributed by atoms with E-state index in [1.165, 1.54) is 5.57 Å². The lowest BCUT2D eigenvalue weighted by molar-refractivity contribution is -0.151. The first-order valence-corrected chi connectivity index (χ1v) is 9.08. The molecule has 1 saturated heterocycles. The van der Waals surface area contributed by atoms with Gasteiger partial charge in [-0.15, -0.1) is 0 Å². The molecule has 1 fully saturated rings. The smallest absolute Gasteiger partial charge is 0.113 e. The highest BCUT2D eigenvalue weighted by molar-refractivity contribution is 5.33. The van der Waals surface area contributed by atoms with Gasteiger partial charge in [-0.1, -0.05) is 18.6 Å². The molecule has 4 nitrogen and oxygen atoms in total. The average Bonchev–Trinajstić information content (AvgIpc) is 3.10. The Balaban J connectivity index is 1.99. The summed E-state index contributed by atoms with van der Waals surface area (Å²) in [6.07, 6.45) is 6.57. The Bertz CT molecular complexity index is 617. The van der Waals surface area contributed by atoms with E-state index in [1.54, 1.807) is 6.26 Å². The van der Waals surface area contributed by atoms with Crippen LogP contribution < -0.4 is 0 Å². The van der Waals surface area contributed by atoms with Gasteiger partial charge in [-0.05, 0) is 57.9 Å². The Labute approximate surface area is 144 Å². The van der Waals surface area contributed by atoms with Gasteiger partial charge in [0, 0.05) is 12.0 Å². The number of rotatable bonds is 0. The summed E-state index contributed by atoms with van der Waals surface area (Å²) in [6, 6.07) is 0. The Hall–Kier alpha value is -1.10. The van der Waals surface area contributed by atoms with Crippen LogP contribution >= 0.6 is 0 Å². The van der Waals surface area contributed by atoms with Crippen molar-refractivity contribution in [3.8, 4) is 0 Å². The third-order valence-corrected chi connectivity index (χ3v) is 5.86. The normalized spacial score (nSPS) is 37.8. The van der Waals surface area contributed by atoms with E-state index in [2.05, 4.69) is 19.9 Å². The fraction of sp³-hybridized carbons (Fsp3) is 0.700. The van der Waals surface area contributed by atoms with Crippen LogP contribution in [0.4, 0.5) is 0 Å². The van der Waals surface area contributed by atoms with Crippen LogP contribution in [0.15, 0.2) is 22.3 Å². The lowest BCUT2D eigenvalue weighted by Crippen LogP contribution is -2.44. The minimum absolute atomic E-state index is 0.149. The molecule has 2 bridgehead atoms. The van der Waals surface area contributed by atoms with Crippen molar-refractivity contribution in [2.45, 2.75) is 83.7 Å². The fourth-order valence-corrected chi connectivity index (χ4v) is 4.15. The summed E-state index contributed by atoms with van der Waals surface area (Å²) in [5.74, 6) is 1.19. The zero-order valence-electron chi connectivity index (χ0n) is 15.2. The van der Waals surface area contributed by atoms with Crippen molar-refractivity contribution in [3.63, 3.8) is 0 Å². The molecule has 4 heteroatoms. The van der Waals surface area contributed by atoms with Crippen molar-refractivity contribution in [1.29, 1.82) is 0 Å². The Morgan fingerprint density at radius 2 is 1.96 bits per heavy atom. The summed E-state index contributed by atoms with van der Waals surface area (Å²) >= 11 is 0. The number of aliphatic hydroxyl groups is 2. The van der Waals surface area contributed by atoms with Gasteiger partial charge in [0.2, 0.25) is 0 Å². The fourth-order valence-electron chi connectivity index (χ4n) is 4.15. The van der Waals surface area contributed by atoms with E-state index in [-0.39, 0.29) is 6.10 Å². The third kappa shape index (κ3) is 3.19. The maximum absolute atomic E-state index is 10.9.